The van der Waals surface area contributed by atoms with Crippen molar-refractivity contribution in [2.45, 2.75) is 27.2 Å². The summed E-state index contributed by atoms with van der Waals surface area (Å²) in [5.74, 6) is -0.615. The van der Waals surface area contributed by atoms with Crippen molar-refractivity contribution in [3.63, 3.8) is 0 Å². The first-order valence-corrected chi connectivity index (χ1v) is 12.4. The number of hydrogen-bond donors (Lipinski definition) is 3. The Bertz CT molecular complexity index is 1360. The maximum atomic E-state index is 12.9. The molecule has 0 bridgehead atoms. The number of amides is 3. The number of carbonyl (C=O) groups excluding carboxylic acids is 3. The van der Waals surface area contributed by atoms with Crippen LogP contribution in [0.1, 0.15) is 23.1 Å². The van der Waals surface area contributed by atoms with Crippen LogP contribution < -0.4 is 30.5 Å². The van der Waals surface area contributed by atoms with Gasteiger partial charge in [0.2, 0.25) is 11.8 Å². The Morgan fingerprint density at radius 3 is 2.45 bits per heavy atom. The number of rotatable bonds is 9. The molecule has 1 aliphatic rings. The number of nitrogens with zero attached hydrogens (tertiary/aromatic N) is 1. The molecule has 3 N–H and O–H groups in total. The predicted octanol–water partition coefficient (Wildman–Crippen LogP) is 4.13. The number of methoxy groups -OCH3 is 1. The molecule has 0 aliphatic carbocycles. The number of hydrogen-bond acceptors (Lipinski definition) is 6. The molecule has 0 radical (unpaired) electrons. The minimum Gasteiger partial charge on any atom is -0.493 e. The van der Waals surface area contributed by atoms with Gasteiger partial charge in [-0.05, 0) is 67.8 Å². The van der Waals surface area contributed by atoms with Crippen LogP contribution in [0.15, 0.2) is 60.7 Å². The number of anilines is 3. The maximum absolute atomic E-state index is 12.9. The first-order chi connectivity index (χ1) is 18.3. The van der Waals surface area contributed by atoms with Crippen molar-refractivity contribution in [1.82, 2.24) is 5.43 Å². The fourth-order valence-electron chi connectivity index (χ4n) is 4.22. The Morgan fingerprint density at radius 1 is 0.947 bits per heavy atom. The van der Waals surface area contributed by atoms with Gasteiger partial charge in [-0.25, -0.2) is 0 Å². The Balaban J connectivity index is 1.38. The molecule has 1 heterocycles. The van der Waals surface area contributed by atoms with E-state index in [-0.39, 0.29) is 43.0 Å². The molecule has 9 nitrogen and oxygen atoms in total. The first-order valence-electron chi connectivity index (χ1n) is 12.4. The number of para-hydroxylation sites is 2. The third-order valence-corrected chi connectivity index (χ3v) is 6.58. The standard InChI is InChI=1S/C29H32N4O5/c1-18-12-13-22(14-20(18)3)33-16-21(15-27(33)35)29(36)32-31-24-10-7-11-25(37-4)28(24)38-17-26(34)30-23-9-6-5-8-19(23)2/h5-14,21,31H,15-17H2,1-4H3,(H,30,34)(H,32,36)/t21-/m1/s1. The van der Waals surface area contributed by atoms with Gasteiger partial charge in [-0.15, -0.1) is 0 Å². The Hall–Kier alpha value is -4.53. The lowest BCUT2D eigenvalue weighted by Gasteiger charge is -2.19. The van der Waals surface area contributed by atoms with Gasteiger partial charge in [0, 0.05) is 24.3 Å². The molecule has 9 heteroatoms. The molecule has 0 saturated carbocycles. The third kappa shape index (κ3) is 6.05. The second-order valence-corrected chi connectivity index (χ2v) is 9.28. The lowest BCUT2D eigenvalue weighted by Crippen LogP contribution is -2.36. The third-order valence-electron chi connectivity index (χ3n) is 6.58. The quantitative estimate of drug-likeness (QED) is 0.369. The van der Waals surface area contributed by atoms with Crippen molar-refractivity contribution in [2.24, 2.45) is 5.92 Å². The highest BCUT2D eigenvalue weighted by atomic mass is 16.5. The minimum absolute atomic E-state index is 0.0986. The summed E-state index contributed by atoms with van der Waals surface area (Å²) in [6, 6.07) is 18.4. The molecule has 3 aromatic carbocycles. The van der Waals surface area contributed by atoms with E-state index in [1.165, 1.54) is 7.11 Å². The first kappa shape index (κ1) is 26.5. The maximum Gasteiger partial charge on any atom is 0.262 e. The van der Waals surface area contributed by atoms with E-state index in [1.807, 2.05) is 63.2 Å². The number of ether oxygens (including phenoxy) is 2. The molecule has 1 atom stereocenters. The molecule has 38 heavy (non-hydrogen) atoms. The summed E-state index contributed by atoms with van der Waals surface area (Å²) in [7, 11) is 1.49. The van der Waals surface area contributed by atoms with Crippen molar-refractivity contribution < 1.29 is 23.9 Å². The summed E-state index contributed by atoms with van der Waals surface area (Å²) in [6.07, 6.45) is 0.112. The summed E-state index contributed by atoms with van der Waals surface area (Å²) < 4.78 is 11.2. The van der Waals surface area contributed by atoms with Crippen LogP contribution in [0.2, 0.25) is 0 Å². The SMILES string of the molecule is COc1cccc(NNC(=O)[C@@H]2CC(=O)N(c3ccc(C)c(C)c3)C2)c1OCC(=O)Nc1ccccc1C. The van der Waals surface area contributed by atoms with Gasteiger partial charge >= 0.3 is 0 Å². The summed E-state index contributed by atoms with van der Waals surface area (Å²) in [6.45, 7) is 5.93. The van der Waals surface area contributed by atoms with Crippen molar-refractivity contribution >= 4 is 34.8 Å². The number of aryl methyl sites for hydroxylation is 3. The number of carbonyl (C=O) groups is 3. The topological polar surface area (TPSA) is 109 Å². The fourth-order valence-corrected chi connectivity index (χ4v) is 4.22. The molecular formula is C29H32N4O5. The highest BCUT2D eigenvalue weighted by molar-refractivity contribution is 6.00. The van der Waals surface area contributed by atoms with Gasteiger partial charge in [-0.1, -0.05) is 30.3 Å². The van der Waals surface area contributed by atoms with Gasteiger partial charge in [0.05, 0.1) is 18.7 Å². The molecule has 4 rings (SSSR count). The molecule has 0 aromatic heterocycles. The second kappa shape index (κ2) is 11.7. The van der Waals surface area contributed by atoms with E-state index < -0.39 is 5.92 Å². The zero-order valence-corrected chi connectivity index (χ0v) is 22.0. The lowest BCUT2D eigenvalue weighted by atomic mass is 10.1. The highest BCUT2D eigenvalue weighted by Crippen LogP contribution is 2.35. The van der Waals surface area contributed by atoms with E-state index >= 15 is 0 Å². The van der Waals surface area contributed by atoms with Crippen LogP contribution in [0.25, 0.3) is 0 Å². The Labute approximate surface area is 222 Å². The van der Waals surface area contributed by atoms with E-state index in [4.69, 9.17) is 9.47 Å². The lowest BCUT2D eigenvalue weighted by molar-refractivity contribution is -0.125. The van der Waals surface area contributed by atoms with Gasteiger partial charge < -0.3 is 19.7 Å². The van der Waals surface area contributed by atoms with Crippen LogP contribution in [0.4, 0.5) is 17.1 Å². The average molecular weight is 517 g/mol. The van der Waals surface area contributed by atoms with Crippen LogP contribution in [0, 0.1) is 26.7 Å². The highest BCUT2D eigenvalue weighted by Gasteiger charge is 2.35. The van der Waals surface area contributed by atoms with Crippen LogP contribution in [-0.2, 0) is 14.4 Å². The van der Waals surface area contributed by atoms with Gasteiger partial charge in [0.25, 0.3) is 5.91 Å². The van der Waals surface area contributed by atoms with Crippen LogP contribution in [0.5, 0.6) is 11.5 Å². The van der Waals surface area contributed by atoms with Gasteiger partial charge in [-0.3, -0.25) is 25.2 Å². The molecule has 1 fully saturated rings. The Morgan fingerprint density at radius 2 is 1.71 bits per heavy atom. The molecular weight excluding hydrogens is 484 g/mol. The normalized spacial score (nSPS) is 14.7. The van der Waals surface area contributed by atoms with Crippen molar-refractivity contribution in [3.8, 4) is 11.5 Å². The van der Waals surface area contributed by atoms with Crippen LogP contribution in [0.3, 0.4) is 0 Å². The smallest absolute Gasteiger partial charge is 0.262 e. The van der Waals surface area contributed by atoms with E-state index in [0.717, 1.165) is 22.4 Å². The summed E-state index contributed by atoms with van der Waals surface area (Å²) in [4.78, 5) is 39.7. The van der Waals surface area contributed by atoms with E-state index in [9.17, 15) is 14.4 Å². The van der Waals surface area contributed by atoms with E-state index in [2.05, 4.69) is 16.2 Å². The molecule has 0 spiro atoms. The van der Waals surface area contributed by atoms with Gasteiger partial charge in [-0.2, -0.15) is 0 Å². The van der Waals surface area contributed by atoms with Crippen molar-refractivity contribution in [1.29, 1.82) is 0 Å². The average Bonchev–Trinajstić information content (AvgIpc) is 3.30. The summed E-state index contributed by atoms with van der Waals surface area (Å²) in [5.41, 5.74) is 10.6. The molecule has 1 saturated heterocycles. The largest absolute Gasteiger partial charge is 0.493 e. The summed E-state index contributed by atoms with van der Waals surface area (Å²) >= 11 is 0. The molecule has 198 valence electrons. The van der Waals surface area contributed by atoms with Gasteiger partial charge in [0.1, 0.15) is 0 Å². The van der Waals surface area contributed by atoms with Gasteiger partial charge in [0.15, 0.2) is 18.1 Å². The van der Waals surface area contributed by atoms with Crippen LogP contribution >= 0.6 is 0 Å². The van der Waals surface area contributed by atoms with Crippen molar-refractivity contribution in [3.05, 3.63) is 77.4 Å². The zero-order chi connectivity index (χ0) is 27.2. The second-order valence-electron chi connectivity index (χ2n) is 9.28. The monoisotopic (exact) mass is 516 g/mol. The van der Waals surface area contributed by atoms with Crippen LogP contribution in [-0.4, -0.2) is 38.0 Å². The van der Waals surface area contributed by atoms with Crippen molar-refractivity contribution in [2.75, 3.05) is 35.9 Å². The number of nitrogens with one attached hydrogen (secondary N) is 3. The number of benzene rings is 3. The summed E-state index contributed by atoms with van der Waals surface area (Å²) in [5, 5.41) is 2.82. The molecule has 3 aromatic rings. The number of hydrazine groups is 1. The minimum atomic E-state index is -0.522. The Kier molecular flexibility index (Phi) is 8.15. The van der Waals surface area contributed by atoms with E-state index in [0.29, 0.717) is 17.1 Å². The molecule has 0 unspecified atom stereocenters. The van der Waals surface area contributed by atoms with E-state index in [1.54, 1.807) is 23.1 Å². The molecule has 1 aliphatic heterocycles. The fraction of sp³-hybridized carbons (Fsp3) is 0.276. The predicted molar refractivity (Wildman–Crippen MR) is 146 cm³/mol. The molecule has 3 amide bonds. The zero-order valence-electron chi connectivity index (χ0n) is 22.0.